The minimum absolute atomic E-state index is 0.212. The van der Waals surface area contributed by atoms with Crippen molar-refractivity contribution in [2.45, 2.75) is 37.4 Å². The van der Waals surface area contributed by atoms with Gasteiger partial charge in [-0.3, -0.25) is 4.79 Å². The Balaban J connectivity index is 3.18. The SMILES string of the molecule is C=CCN(CC(=O)NC(C)(C)C)S(=O)(=O)c1cccc(C(F)(F)F)c1. The third-order valence-electron chi connectivity index (χ3n) is 2.97. The van der Waals surface area contributed by atoms with Crippen LogP contribution >= 0.6 is 0 Å². The molecular weight excluding hydrogens is 357 g/mol. The van der Waals surface area contributed by atoms with Crippen LogP contribution < -0.4 is 5.32 Å². The Kier molecular flexibility index (Phi) is 6.41. The van der Waals surface area contributed by atoms with Gasteiger partial charge >= 0.3 is 6.18 Å². The Morgan fingerprint density at radius 1 is 1.28 bits per heavy atom. The Morgan fingerprint density at radius 3 is 2.36 bits per heavy atom. The number of benzene rings is 1. The van der Waals surface area contributed by atoms with Gasteiger partial charge < -0.3 is 5.32 Å². The van der Waals surface area contributed by atoms with Crippen LogP contribution in [-0.2, 0) is 21.0 Å². The third-order valence-corrected chi connectivity index (χ3v) is 4.77. The Morgan fingerprint density at radius 2 is 1.88 bits per heavy atom. The van der Waals surface area contributed by atoms with Gasteiger partial charge in [-0.1, -0.05) is 12.1 Å². The summed E-state index contributed by atoms with van der Waals surface area (Å²) in [6, 6.07) is 3.40. The van der Waals surface area contributed by atoms with E-state index in [1.54, 1.807) is 20.8 Å². The smallest absolute Gasteiger partial charge is 0.350 e. The number of nitrogens with zero attached hydrogens (tertiary/aromatic N) is 1. The molecule has 1 amide bonds. The molecule has 0 saturated carbocycles. The number of hydrogen-bond donors (Lipinski definition) is 1. The first-order valence-electron chi connectivity index (χ1n) is 7.36. The van der Waals surface area contributed by atoms with E-state index in [4.69, 9.17) is 0 Å². The van der Waals surface area contributed by atoms with E-state index in [0.717, 1.165) is 22.5 Å². The van der Waals surface area contributed by atoms with Crippen LogP contribution in [0.25, 0.3) is 0 Å². The molecule has 0 radical (unpaired) electrons. The Labute approximate surface area is 145 Å². The molecule has 0 heterocycles. The summed E-state index contributed by atoms with van der Waals surface area (Å²) in [5.41, 5.74) is -1.65. The minimum atomic E-state index is -4.67. The first kappa shape index (κ1) is 21.2. The van der Waals surface area contributed by atoms with E-state index >= 15 is 0 Å². The van der Waals surface area contributed by atoms with Crippen LogP contribution in [0.3, 0.4) is 0 Å². The van der Waals surface area contributed by atoms with E-state index in [1.165, 1.54) is 6.08 Å². The van der Waals surface area contributed by atoms with Crippen molar-refractivity contribution >= 4 is 15.9 Å². The zero-order chi connectivity index (χ0) is 19.5. The second-order valence-electron chi connectivity index (χ2n) is 6.41. The molecule has 0 bridgehead atoms. The van der Waals surface area contributed by atoms with Crippen molar-refractivity contribution in [2.24, 2.45) is 0 Å². The molecule has 0 aliphatic carbocycles. The quantitative estimate of drug-likeness (QED) is 0.774. The number of carbonyl (C=O) groups is 1. The molecule has 0 unspecified atom stereocenters. The van der Waals surface area contributed by atoms with Crippen molar-refractivity contribution in [3.8, 4) is 0 Å². The van der Waals surface area contributed by atoms with Gasteiger partial charge in [0.2, 0.25) is 15.9 Å². The second kappa shape index (κ2) is 7.57. The molecule has 140 valence electrons. The highest BCUT2D eigenvalue weighted by Crippen LogP contribution is 2.31. The Bertz CT molecular complexity index is 738. The van der Waals surface area contributed by atoms with Gasteiger partial charge in [-0.25, -0.2) is 8.42 Å². The van der Waals surface area contributed by atoms with Crippen LogP contribution in [0, 0.1) is 0 Å². The summed E-state index contributed by atoms with van der Waals surface area (Å²) in [7, 11) is -4.30. The van der Waals surface area contributed by atoms with Gasteiger partial charge in [-0.2, -0.15) is 17.5 Å². The largest absolute Gasteiger partial charge is 0.416 e. The lowest BCUT2D eigenvalue weighted by Crippen LogP contribution is -2.47. The van der Waals surface area contributed by atoms with Crippen molar-refractivity contribution < 1.29 is 26.4 Å². The molecule has 1 aromatic carbocycles. The first-order valence-corrected chi connectivity index (χ1v) is 8.81. The molecule has 0 aliphatic heterocycles. The standard InChI is InChI=1S/C16H21F3N2O3S/c1-5-9-21(11-14(22)20-15(2,3)4)25(23,24)13-8-6-7-12(10-13)16(17,18)19/h5-8,10H,1,9,11H2,2-4H3,(H,20,22). The average molecular weight is 378 g/mol. The second-order valence-corrected chi connectivity index (χ2v) is 8.35. The van der Waals surface area contributed by atoms with Gasteiger partial charge in [0.1, 0.15) is 0 Å². The zero-order valence-electron chi connectivity index (χ0n) is 14.2. The highest BCUT2D eigenvalue weighted by Gasteiger charge is 2.33. The molecule has 25 heavy (non-hydrogen) atoms. The van der Waals surface area contributed by atoms with Gasteiger partial charge in [0, 0.05) is 12.1 Å². The summed E-state index contributed by atoms with van der Waals surface area (Å²) in [6.45, 7) is 7.87. The first-order chi connectivity index (χ1) is 11.3. The lowest BCUT2D eigenvalue weighted by molar-refractivity contribution is -0.137. The molecule has 0 fully saturated rings. The molecule has 1 N–H and O–H groups in total. The highest BCUT2D eigenvalue weighted by atomic mass is 32.2. The molecule has 5 nitrogen and oxygen atoms in total. The lowest BCUT2D eigenvalue weighted by atomic mass is 10.1. The van der Waals surface area contributed by atoms with Crippen molar-refractivity contribution in [3.05, 3.63) is 42.5 Å². The predicted octanol–water partition coefficient (Wildman–Crippen LogP) is 2.80. The van der Waals surface area contributed by atoms with Crippen LogP contribution in [0.4, 0.5) is 13.2 Å². The van der Waals surface area contributed by atoms with Crippen LogP contribution in [0.1, 0.15) is 26.3 Å². The average Bonchev–Trinajstić information content (AvgIpc) is 2.44. The number of nitrogens with one attached hydrogen (secondary N) is 1. The maximum absolute atomic E-state index is 12.8. The predicted molar refractivity (Wildman–Crippen MR) is 88.3 cm³/mol. The van der Waals surface area contributed by atoms with E-state index in [2.05, 4.69) is 11.9 Å². The Hall–Kier alpha value is -1.87. The van der Waals surface area contributed by atoms with Crippen LogP contribution in [0.2, 0.25) is 0 Å². The zero-order valence-corrected chi connectivity index (χ0v) is 15.0. The van der Waals surface area contributed by atoms with E-state index in [-0.39, 0.29) is 6.54 Å². The number of sulfonamides is 1. The molecule has 1 rings (SSSR count). The van der Waals surface area contributed by atoms with Gasteiger partial charge in [0.15, 0.2) is 0 Å². The van der Waals surface area contributed by atoms with E-state index in [0.29, 0.717) is 6.07 Å². The molecule has 0 saturated heterocycles. The van der Waals surface area contributed by atoms with Crippen molar-refractivity contribution in [3.63, 3.8) is 0 Å². The van der Waals surface area contributed by atoms with E-state index in [1.807, 2.05) is 0 Å². The number of halogens is 3. The fraction of sp³-hybridized carbons (Fsp3) is 0.438. The minimum Gasteiger partial charge on any atom is -0.350 e. The normalized spacial score (nSPS) is 12.9. The topological polar surface area (TPSA) is 66.5 Å². The molecule has 1 aromatic rings. The summed E-state index contributed by atoms with van der Waals surface area (Å²) < 4.78 is 64.5. The van der Waals surface area contributed by atoms with Crippen LogP contribution in [-0.4, -0.2) is 37.3 Å². The van der Waals surface area contributed by atoms with Crippen LogP contribution in [0.15, 0.2) is 41.8 Å². The van der Waals surface area contributed by atoms with Gasteiger partial charge in [-0.05, 0) is 39.0 Å². The van der Waals surface area contributed by atoms with Gasteiger partial charge in [0.05, 0.1) is 17.0 Å². The summed E-state index contributed by atoms with van der Waals surface area (Å²) in [5.74, 6) is -0.565. The van der Waals surface area contributed by atoms with Crippen molar-refractivity contribution in [1.82, 2.24) is 9.62 Å². The number of carbonyl (C=O) groups excluding carboxylic acids is 1. The van der Waals surface area contributed by atoms with Crippen molar-refractivity contribution in [1.29, 1.82) is 0 Å². The summed E-state index contributed by atoms with van der Waals surface area (Å²) in [5, 5.41) is 2.61. The van der Waals surface area contributed by atoms with E-state index < -0.39 is 44.6 Å². The number of alkyl halides is 3. The van der Waals surface area contributed by atoms with Gasteiger partial charge in [0.25, 0.3) is 0 Å². The summed E-state index contributed by atoms with van der Waals surface area (Å²) >= 11 is 0. The molecule has 0 atom stereocenters. The number of amides is 1. The monoisotopic (exact) mass is 378 g/mol. The fourth-order valence-electron chi connectivity index (χ4n) is 1.99. The molecular formula is C16H21F3N2O3S. The summed E-state index contributed by atoms with van der Waals surface area (Å²) in [6.07, 6.45) is -3.41. The maximum atomic E-state index is 12.8. The van der Waals surface area contributed by atoms with Gasteiger partial charge in [-0.15, -0.1) is 6.58 Å². The third kappa shape index (κ3) is 6.17. The van der Waals surface area contributed by atoms with Crippen LogP contribution in [0.5, 0.6) is 0 Å². The molecule has 0 aromatic heterocycles. The maximum Gasteiger partial charge on any atom is 0.416 e. The van der Waals surface area contributed by atoms with E-state index in [9.17, 15) is 26.4 Å². The highest BCUT2D eigenvalue weighted by molar-refractivity contribution is 7.89. The lowest BCUT2D eigenvalue weighted by Gasteiger charge is -2.25. The summed E-state index contributed by atoms with van der Waals surface area (Å²) in [4.78, 5) is 11.5. The molecule has 0 spiro atoms. The fourth-order valence-corrected chi connectivity index (χ4v) is 3.41. The number of rotatable bonds is 6. The molecule has 9 heteroatoms. The van der Waals surface area contributed by atoms with Crippen molar-refractivity contribution in [2.75, 3.05) is 13.1 Å². The number of hydrogen-bond acceptors (Lipinski definition) is 3. The molecule has 0 aliphatic rings.